The second-order valence-electron chi connectivity index (χ2n) is 8.87. The number of nitrogens with one attached hydrogen (secondary N) is 1. The van der Waals surface area contributed by atoms with Gasteiger partial charge in [0.2, 0.25) is 21.8 Å². The van der Waals surface area contributed by atoms with Crippen LogP contribution in [0.2, 0.25) is 0 Å². The van der Waals surface area contributed by atoms with Crippen molar-refractivity contribution in [1.82, 2.24) is 10.2 Å². The van der Waals surface area contributed by atoms with E-state index in [1.54, 1.807) is 36.4 Å². The highest BCUT2D eigenvalue weighted by molar-refractivity contribution is 9.10. The first kappa shape index (κ1) is 29.3. The quantitative estimate of drug-likeness (QED) is 0.330. The van der Waals surface area contributed by atoms with E-state index in [1.807, 2.05) is 37.3 Å². The summed E-state index contributed by atoms with van der Waals surface area (Å²) in [5.41, 5.74) is 1.75. The lowest BCUT2D eigenvalue weighted by Gasteiger charge is -2.33. The normalized spacial score (nSPS) is 12.0. The molecule has 0 aromatic heterocycles. The van der Waals surface area contributed by atoms with Gasteiger partial charge in [-0.25, -0.2) is 12.8 Å². The molecule has 0 aliphatic heterocycles. The van der Waals surface area contributed by atoms with Crippen molar-refractivity contribution < 1.29 is 22.4 Å². The number of sulfonamides is 1. The van der Waals surface area contributed by atoms with Crippen LogP contribution in [0.25, 0.3) is 0 Å². The largest absolute Gasteiger partial charge is 0.354 e. The molecule has 0 aliphatic rings. The molecule has 0 saturated heterocycles. The van der Waals surface area contributed by atoms with Crippen LogP contribution in [-0.2, 0) is 32.6 Å². The fourth-order valence-electron chi connectivity index (χ4n) is 3.96. The maximum atomic E-state index is 13.9. The van der Waals surface area contributed by atoms with Gasteiger partial charge < -0.3 is 10.2 Å². The fraction of sp³-hybridized carbons (Fsp3) is 0.286. The van der Waals surface area contributed by atoms with E-state index in [9.17, 15) is 22.4 Å². The molecule has 10 heteroatoms. The number of benzene rings is 3. The van der Waals surface area contributed by atoms with E-state index in [0.717, 1.165) is 16.1 Å². The molecule has 0 heterocycles. The summed E-state index contributed by atoms with van der Waals surface area (Å²) in [6.07, 6.45) is 1.95. The number of hydrogen-bond acceptors (Lipinski definition) is 4. The van der Waals surface area contributed by atoms with E-state index in [2.05, 4.69) is 21.2 Å². The summed E-state index contributed by atoms with van der Waals surface area (Å²) < 4.78 is 40.7. The maximum Gasteiger partial charge on any atom is 0.244 e. The Morgan fingerprint density at radius 3 is 2.18 bits per heavy atom. The molecule has 0 fully saturated rings. The van der Waals surface area contributed by atoms with Crippen LogP contribution in [0, 0.1) is 5.82 Å². The van der Waals surface area contributed by atoms with Gasteiger partial charge in [0.05, 0.1) is 11.9 Å². The third-order valence-corrected chi connectivity index (χ3v) is 7.68. The van der Waals surface area contributed by atoms with E-state index >= 15 is 0 Å². The standard InChI is InChI=1S/C28H31BrFN3O4S/c1-3-17-31-28(35)26(18-21-9-5-4-6-10-21)32(19-22-13-15-23(30)16-14-22)27(34)20-33(38(2,36)37)25-12-8-7-11-24(25)29/h4-16,26H,3,17-20H2,1-2H3,(H,31,35)/t26-/m0/s1. The van der Waals surface area contributed by atoms with Crippen molar-refractivity contribution in [2.45, 2.75) is 32.4 Å². The molecule has 0 aliphatic carbocycles. The van der Waals surface area contributed by atoms with Gasteiger partial charge in [-0.3, -0.25) is 13.9 Å². The summed E-state index contributed by atoms with van der Waals surface area (Å²) >= 11 is 3.37. The van der Waals surface area contributed by atoms with Crippen molar-refractivity contribution in [3.8, 4) is 0 Å². The first-order valence-electron chi connectivity index (χ1n) is 12.2. The zero-order valence-electron chi connectivity index (χ0n) is 21.3. The van der Waals surface area contributed by atoms with Crippen LogP contribution in [0.5, 0.6) is 0 Å². The van der Waals surface area contributed by atoms with Crippen LogP contribution >= 0.6 is 15.9 Å². The maximum absolute atomic E-state index is 13.9. The van der Waals surface area contributed by atoms with Crippen molar-refractivity contribution in [3.63, 3.8) is 0 Å². The minimum absolute atomic E-state index is 0.0102. The van der Waals surface area contributed by atoms with Gasteiger partial charge in [-0.1, -0.05) is 61.5 Å². The van der Waals surface area contributed by atoms with Gasteiger partial charge in [-0.05, 0) is 57.7 Å². The van der Waals surface area contributed by atoms with Gasteiger partial charge in [-0.2, -0.15) is 0 Å². The lowest BCUT2D eigenvalue weighted by Crippen LogP contribution is -2.53. The third-order valence-electron chi connectivity index (χ3n) is 5.89. The Kier molecular flexibility index (Phi) is 10.4. The zero-order chi connectivity index (χ0) is 27.7. The molecule has 3 aromatic rings. The summed E-state index contributed by atoms with van der Waals surface area (Å²) in [4.78, 5) is 28.7. The van der Waals surface area contributed by atoms with Crippen molar-refractivity contribution in [2.75, 3.05) is 23.7 Å². The Balaban J connectivity index is 2.04. The molecule has 0 radical (unpaired) electrons. The lowest BCUT2D eigenvalue weighted by molar-refractivity contribution is -0.140. The molecule has 38 heavy (non-hydrogen) atoms. The molecule has 1 atom stereocenters. The van der Waals surface area contributed by atoms with E-state index in [4.69, 9.17) is 0 Å². The predicted octanol–water partition coefficient (Wildman–Crippen LogP) is 4.52. The van der Waals surface area contributed by atoms with Crippen LogP contribution in [0.1, 0.15) is 24.5 Å². The Hall–Kier alpha value is -3.24. The van der Waals surface area contributed by atoms with Gasteiger partial charge in [0.1, 0.15) is 18.4 Å². The van der Waals surface area contributed by atoms with Gasteiger partial charge >= 0.3 is 0 Å². The highest BCUT2D eigenvalue weighted by Gasteiger charge is 2.33. The number of rotatable bonds is 12. The van der Waals surface area contributed by atoms with E-state index in [-0.39, 0.29) is 18.9 Å². The van der Waals surface area contributed by atoms with Crippen molar-refractivity contribution in [1.29, 1.82) is 0 Å². The van der Waals surface area contributed by atoms with Gasteiger partial charge in [-0.15, -0.1) is 0 Å². The summed E-state index contributed by atoms with van der Waals surface area (Å²) in [6.45, 7) is 1.82. The smallest absolute Gasteiger partial charge is 0.244 e. The van der Waals surface area contributed by atoms with Crippen LogP contribution in [-0.4, -0.2) is 50.5 Å². The first-order valence-corrected chi connectivity index (χ1v) is 14.8. The Morgan fingerprint density at radius 2 is 1.58 bits per heavy atom. The molecule has 0 unspecified atom stereocenters. The predicted molar refractivity (Wildman–Crippen MR) is 151 cm³/mol. The number of para-hydroxylation sites is 1. The minimum atomic E-state index is -3.86. The fourth-order valence-corrected chi connectivity index (χ4v) is 5.43. The molecule has 7 nitrogen and oxygen atoms in total. The van der Waals surface area contributed by atoms with Gasteiger partial charge in [0, 0.05) is 24.0 Å². The van der Waals surface area contributed by atoms with Gasteiger partial charge in [0.15, 0.2) is 0 Å². The molecule has 0 saturated carbocycles. The Morgan fingerprint density at radius 1 is 0.947 bits per heavy atom. The topological polar surface area (TPSA) is 86.8 Å². The number of halogens is 2. The SMILES string of the molecule is CCCNC(=O)[C@H](Cc1ccccc1)N(Cc1ccc(F)cc1)C(=O)CN(c1ccccc1Br)S(C)(=O)=O. The highest BCUT2D eigenvalue weighted by atomic mass is 79.9. The minimum Gasteiger partial charge on any atom is -0.354 e. The molecular weight excluding hydrogens is 573 g/mol. The van der Waals surface area contributed by atoms with E-state index < -0.39 is 34.3 Å². The monoisotopic (exact) mass is 603 g/mol. The number of hydrogen-bond donors (Lipinski definition) is 1. The highest BCUT2D eigenvalue weighted by Crippen LogP contribution is 2.28. The van der Waals surface area contributed by atoms with Gasteiger partial charge in [0.25, 0.3) is 0 Å². The third kappa shape index (κ3) is 8.13. The second kappa shape index (κ2) is 13.5. The summed E-state index contributed by atoms with van der Waals surface area (Å²) in [5, 5.41) is 2.88. The number of nitrogens with zero attached hydrogens (tertiary/aromatic N) is 2. The van der Waals surface area contributed by atoms with Crippen LogP contribution in [0.15, 0.2) is 83.3 Å². The molecule has 0 bridgehead atoms. The van der Waals surface area contributed by atoms with Crippen LogP contribution in [0.4, 0.5) is 10.1 Å². The number of amides is 2. The molecule has 202 valence electrons. The molecule has 2 amide bonds. The number of carbonyl (C=O) groups is 2. The summed E-state index contributed by atoms with van der Waals surface area (Å²) in [5.74, 6) is -1.34. The molecule has 3 rings (SSSR count). The molecule has 0 spiro atoms. The van der Waals surface area contributed by atoms with E-state index in [0.29, 0.717) is 28.7 Å². The van der Waals surface area contributed by atoms with Crippen molar-refractivity contribution in [2.24, 2.45) is 0 Å². The molecular formula is C28H31BrFN3O4S. The summed E-state index contributed by atoms with van der Waals surface area (Å²) in [7, 11) is -3.86. The molecule has 1 N–H and O–H groups in total. The average molecular weight is 605 g/mol. The summed E-state index contributed by atoms with van der Waals surface area (Å²) in [6, 6.07) is 20.7. The molecule has 3 aromatic carbocycles. The Labute approximate surface area is 231 Å². The number of carbonyl (C=O) groups excluding carboxylic acids is 2. The zero-order valence-corrected chi connectivity index (χ0v) is 23.7. The average Bonchev–Trinajstić information content (AvgIpc) is 2.89. The lowest BCUT2D eigenvalue weighted by atomic mass is 10.0. The van der Waals surface area contributed by atoms with Crippen LogP contribution in [0.3, 0.4) is 0 Å². The van der Waals surface area contributed by atoms with Crippen molar-refractivity contribution >= 4 is 43.5 Å². The Bertz CT molecular complexity index is 1340. The van der Waals surface area contributed by atoms with Crippen molar-refractivity contribution in [3.05, 3.63) is 100 Å². The van der Waals surface area contributed by atoms with E-state index in [1.165, 1.54) is 17.0 Å². The first-order chi connectivity index (χ1) is 18.1. The second-order valence-corrected chi connectivity index (χ2v) is 11.6. The van der Waals surface area contributed by atoms with Crippen LogP contribution < -0.4 is 9.62 Å². The number of anilines is 1.